The Labute approximate surface area is 66.3 Å². The fourth-order valence-electron chi connectivity index (χ4n) is 1.07. The molecule has 0 saturated carbocycles. The van der Waals surface area contributed by atoms with E-state index in [2.05, 4.69) is 0 Å². The number of hydrogen-bond acceptors (Lipinski definition) is 3. The van der Waals surface area contributed by atoms with Gasteiger partial charge >= 0.3 is 0 Å². The van der Waals surface area contributed by atoms with Gasteiger partial charge in [-0.2, -0.15) is 12.7 Å². The van der Waals surface area contributed by atoms with Crippen molar-refractivity contribution in [3.05, 3.63) is 0 Å². The molecule has 0 aromatic heterocycles. The van der Waals surface area contributed by atoms with Crippen LogP contribution in [0.2, 0.25) is 0 Å². The van der Waals surface area contributed by atoms with Crippen molar-refractivity contribution < 1.29 is 13.2 Å². The molecule has 0 aromatic carbocycles. The molecule has 0 bridgehead atoms. The first kappa shape index (κ1) is 8.92. The zero-order valence-corrected chi connectivity index (χ0v) is 7.17. The molecule has 5 nitrogen and oxygen atoms in total. The van der Waals surface area contributed by atoms with Crippen LogP contribution in [0.25, 0.3) is 0 Å². The number of nitrogens with zero attached hydrogens (tertiary/aromatic N) is 1. The first-order valence-electron chi connectivity index (χ1n) is 3.31. The fraction of sp³-hybridized carbons (Fsp3) is 1.00. The molecule has 0 radical (unpaired) electrons. The van der Waals surface area contributed by atoms with Gasteiger partial charge in [-0.3, -0.25) is 0 Å². The maximum atomic E-state index is 10.6. The quantitative estimate of drug-likeness (QED) is 0.591. The van der Waals surface area contributed by atoms with Gasteiger partial charge in [-0.15, -0.1) is 0 Å². The van der Waals surface area contributed by atoms with Crippen LogP contribution in [0.3, 0.4) is 0 Å². The monoisotopic (exact) mass is 180 g/mol. The number of hydrogen-bond donors (Lipinski definition) is 1. The number of rotatable bonds is 3. The molecule has 1 rings (SSSR count). The average molecular weight is 180 g/mol. The highest BCUT2D eigenvalue weighted by atomic mass is 32.2. The van der Waals surface area contributed by atoms with Crippen LogP contribution in [0.15, 0.2) is 0 Å². The molecule has 1 aliphatic heterocycles. The number of nitrogens with two attached hydrogens (primary N) is 1. The summed E-state index contributed by atoms with van der Waals surface area (Å²) in [5, 5.41) is 4.86. The maximum Gasteiger partial charge on any atom is 0.276 e. The van der Waals surface area contributed by atoms with Crippen LogP contribution in [0.1, 0.15) is 0 Å². The number of ether oxygens (including phenoxy) is 1. The maximum absolute atomic E-state index is 10.6. The van der Waals surface area contributed by atoms with Crippen LogP contribution in [-0.4, -0.2) is 39.5 Å². The first-order chi connectivity index (χ1) is 5.04. The fourth-order valence-corrected chi connectivity index (χ4v) is 1.91. The van der Waals surface area contributed by atoms with E-state index in [-0.39, 0.29) is 0 Å². The second-order valence-electron chi connectivity index (χ2n) is 2.68. The standard InChI is InChI=1S/C5H12N2O3S/c1-10-4-5-2-7(3-5)11(6,8)9/h5H,2-4H2,1H3,(H2,6,8,9). The van der Waals surface area contributed by atoms with E-state index in [1.54, 1.807) is 7.11 Å². The van der Waals surface area contributed by atoms with E-state index in [0.717, 1.165) is 0 Å². The summed E-state index contributed by atoms with van der Waals surface area (Å²) in [6.45, 7) is 1.59. The number of methoxy groups -OCH3 is 1. The molecular weight excluding hydrogens is 168 g/mol. The Balaban J connectivity index is 2.30. The van der Waals surface area contributed by atoms with E-state index in [4.69, 9.17) is 9.88 Å². The van der Waals surface area contributed by atoms with E-state index in [1.807, 2.05) is 0 Å². The molecule has 0 amide bonds. The van der Waals surface area contributed by atoms with E-state index in [0.29, 0.717) is 25.6 Å². The van der Waals surface area contributed by atoms with Gasteiger partial charge in [-0.05, 0) is 0 Å². The van der Waals surface area contributed by atoms with Gasteiger partial charge < -0.3 is 4.74 Å². The summed E-state index contributed by atoms with van der Waals surface area (Å²) in [6.07, 6.45) is 0. The molecule has 0 unspecified atom stereocenters. The summed E-state index contributed by atoms with van der Waals surface area (Å²) < 4.78 is 27.3. The highest BCUT2D eigenvalue weighted by Crippen LogP contribution is 2.16. The second kappa shape index (κ2) is 3.06. The van der Waals surface area contributed by atoms with Crippen LogP contribution >= 0.6 is 0 Å². The molecule has 6 heteroatoms. The lowest BCUT2D eigenvalue weighted by Crippen LogP contribution is -2.53. The summed E-state index contributed by atoms with van der Waals surface area (Å²) in [5.74, 6) is 0.318. The molecule has 0 spiro atoms. The van der Waals surface area contributed by atoms with E-state index in [1.165, 1.54) is 4.31 Å². The molecular formula is C5H12N2O3S. The Morgan fingerprint density at radius 1 is 1.64 bits per heavy atom. The zero-order valence-electron chi connectivity index (χ0n) is 6.36. The molecule has 0 aliphatic carbocycles. The van der Waals surface area contributed by atoms with Gasteiger partial charge in [-0.25, -0.2) is 5.14 Å². The van der Waals surface area contributed by atoms with Gasteiger partial charge in [0.05, 0.1) is 6.61 Å². The predicted molar refractivity (Wildman–Crippen MR) is 40.0 cm³/mol. The Kier molecular flexibility index (Phi) is 2.48. The first-order valence-corrected chi connectivity index (χ1v) is 4.81. The van der Waals surface area contributed by atoms with E-state index in [9.17, 15) is 8.42 Å². The summed E-state index contributed by atoms with van der Waals surface area (Å²) in [4.78, 5) is 0. The smallest absolute Gasteiger partial charge is 0.276 e. The van der Waals surface area contributed by atoms with Crippen molar-refractivity contribution in [2.24, 2.45) is 11.1 Å². The highest BCUT2D eigenvalue weighted by molar-refractivity contribution is 7.86. The van der Waals surface area contributed by atoms with Crippen molar-refractivity contribution in [3.63, 3.8) is 0 Å². The normalized spacial score (nSPS) is 21.6. The second-order valence-corrected chi connectivity index (χ2v) is 4.23. The van der Waals surface area contributed by atoms with E-state index >= 15 is 0 Å². The van der Waals surface area contributed by atoms with Gasteiger partial charge in [0.15, 0.2) is 0 Å². The summed E-state index contributed by atoms with van der Waals surface area (Å²) in [7, 11) is -1.84. The molecule has 1 saturated heterocycles. The highest BCUT2D eigenvalue weighted by Gasteiger charge is 2.33. The molecule has 1 fully saturated rings. The Morgan fingerprint density at radius 3 is 2.55 bits per heavy atom. The van der Waals surface area contributed by atoms with Gasteiger partial charge in [0, 0.05) is 26.1 Å². The van der Waals surface area contributed by atoms with Gasteiger partial charge in [0.25, 0.3) is 10.2 Å². The Bertz CT molecular complexity index is 220. The van der Waals surface area contributed by atoms with Crippen molar-refractivity contribution in [2.75, 3.05) is 26.8 Å². The van der Waals surface area contributed by atoms with Crippen molar-refractivity contribution >= 4 is 10.2 Å². The summed E-state index contributed by atoms with van der Waals surface area (Å²) in [6, 6.07) is 0. The van der Waals surface area contributed by atoms with Crippen molar-refractivity contribution in [1.29, 1.82) is 0 Å². The average Bonchev–Trinajstić information content (AvgIpc) is 1.74. The summed E-state index contributed by atoms with van der Waals surface area (Å²) in [5.41, 5.74) is 0. The third-order valence-electron chi connectivity index (χ3n) is 1.69. The molecule has 66 valence electrons. The molecule has 0 aromatic rings. The minimum atomic E-state index is -3.44. The van der Waals surface area contributed by atoms with Gasteiger partial charge in [0.1, 0.15) is 0 Å². The lowest BCUT2D eigenvalue weighted by atomic mass is 10.1. The van der Waals surface area contributed by atoms with Crippen LogP contribution in [0, 0.1) is 5.92 Å². The van der Waals surface area contributed by atoms with Gasteiger partial charge in [0.2, 0.25) is 0 Å². The van der Waals surface area contributed by atoms with Crippen molar-refractivity contribution in [1.82, 2.24) is 4.31 Å². The minimum Gasteiger partial charge on any atom is -0.384 e. The predicted octanol–water partition coefficient (Wildman–Crippen LogP) is -1.23. The molecule has 1 heterocycles. The van der Waals surface area contributed by atoms with Crippen LogP contribution < -0.4 is 5.14 Å². The van der Waals surface area contributed by atoms with Crippen LogP contribution in [-0.2, 0) is 14.9 Å². The SMILES string of the molecule is COCC1CN(S(N)(=O)=O)C1. The lowest BCUT2D eigenvalue weighted by Gasteiger charge is -2.35. The minimum absolute atomic E-state index is 0.318. The molecule has 2 N–H and O–H groups in total. The Hall–Kier alpha value is -0.170. The van der Waals surface area contributed by atoms with Crippen LogP contribution in [0.4, 0.5) is 0 Å². The van der Waals surface area contributed by atoms with Gasteiger partial charge in [-0.1, -0.05) is 0 Å². The molecule has 0 atom stereocenters. The third-order valence-corrected chi connectivity index (χ3v) is 2.70. The largest absolute Gasteiger partial charge is 0.384 e. The summed E-state index contributed by atoms with van der Waals surface area (Å²) >= 11 is 0. The molecule has 1 aliphatic rings. The zero-order chi connectivity index (χ0) is 8.48. The molecule has 11 heavy (non-hydrogen) atoms. The third kappa shape index (κ3) is 2.13. The van der Waals surface area contributed by atoms with Crippen molar-refractivity contribution in [2.45, 2.75) is 0 Å². The van der Waals surface area contributed by atoms with Crippen molar-refractivity contribution in [3.8, 4) is 0 Å². The topological polar surface area (TPSA) is 72.6 Å². The van der Waals surface area contributed by atoms with Crippen LogP contribution in [0.5, 0.6) is 0 Å². The lowest BCUT2D eigenvalue weighted by molar-refractivity contribution is 0.0822. The van der Waals surface area contributed by atoms with E-state index < -0.39 is 10.2 Å². The Morgan fingerprint density at radius 2 is 2.18 bits per heavy atom.